The average Bonchev–Trinajstić information content (AvgIpc) is 1.02. The number of allylic oxidation sites excluding steroid dienone is 2. The molecule has 106 heavy (non-hydrogen) atoms. The fourth-order valence-electron chi connectivity index (χ4n) is 16.8. The van der Waals surface area contributed by atoms with E-state index in [-0.39, 0.29) is 12.2 Å². The van der Waals surface area contributed by atoms with E-state index in [0.29, 0.717) is 75.1 Å². The summed E-state index contributed by atoms with van der Waals surface area (Å²) in [6.07, 6.45) is 61.5. The zero-order valence-electron chi connectivity index (χ0n) is 73.5. The lowest BCUT2D eigenvalue weighted by Crippen LogP contribution is -2.27. The highest BCUT2D eigenvalue weighted by atomic mass is 16.6. The van der Waals surface area contributed by atoms with E-state index in [1.807, 2.05) is 0 Å². The Morgan fingerprint density at radius 3 is 0.670 bits per heavy atom. The quantitative estimate of drug-likeness (QED) is 0.246. The summed E-state index contributed by atoms with van der Waals surface area (Å²) in [4.78, 5) is 0. The third-order valence-corrected chi connectivity index (χ3v) is 25.4. The minimum Gasteiger partial charge on any atom is -0.379 e. The molecule has 18 atom stereocenters. The largest absolute Gasteiger partial charge is 0.379 e. The van der Waals surface area contributed by atoms with Crippen molar-refractivity contribution in [3.05, 3.63) is 83.9 Å². The fourth-order valence-corrected chi connectivity index (χ4v) is 16.8. The van der Waals surface area contributed by atoms with Gasteiger partial charge in [0, 0.05) is 26.4 Å². The van der Waals surface area contributed by atoms with Crippen molar-refractivity contribution in [2.45, 2.75) is 406 Å². The fraction of sp³-hybridized carbons (Fsp3) is 0.860. The number of benzene rings is 2. The van der Waals surface area contributed by atoms with Crippen LogP contribution in [0.1, 0.15) is 392 Å². The molecule has 1 aliphatic rings. The maximum Gasteiger partial charge on any atom is 0.104 e. The zero-order valence-corrected chi connectivity index (χ0v) is 73.5. The van der Waals surface area contributed by atoms with Gasteiger partial charge in [-0.05, 0) is 144 Å². The minimum atomic E-state index is -0.0277. The topological polar surface area (TPSA) is 55.4 Å². The first kappa shape index (κ1) is 98.1. The van der Waals surface area contributed by atoms with Crippen LogP contribution in [0.25, 0.3) is 0 Å². The molecular formula is C100H182O6. The third kappa shape index (κ3) is 57.9. The summed E-state index contributed by atoms with van der Waals surface area (Å²) < 4.78 is 38.3. The van der Waals surface area contributed by atoms with Gasteiger partial charge >= 0.3 is 0 Å². The summed E-state index contributed by atoms with van der Waals surface area (Å²) in [6.45, 7) is 46.5. The van der Waals surface area contributed by atoms with Crippen LogP contribution in [0.3, 0.4) is 0 Å². The van der Waals surface area contributed by atoms with Gasteiger partial charge in [0.05, 0.1) is 39.6 Å². The molecule has 0 aliphatic carbocycles. The summed E-state index contributed by atoms with van der Waals surface area (Å²) >= 11 is 0. The van der Waals surface area contributed by atoms with Crippen molar-refractivity contribution >= 4 is 0 Å². The lowest BCUT2D eigenvalue weighted by molar-refractivity contribution is -0.0670. The lowest BCUT2D eigenvalue weighted by atomic mass is 9.88. The maximum atomic E-state index is 6.55. The molecule has 3 rings (SSSR count). The molecule has 0 N–H and O–H groups in total. The molecule has 2 aromatic rings. The van der Waals surface area contributed by atoms with Gasteiger partial charge in [0.25, 0.3) is 0 Å². The summed E-state index contributed by atoms with van der Waals surface area (Å²) in [5, 5.41) is 0. The van der Waals surface area contributed by atoms with Crippen LogP contribution in [0.5, 0.6) is 0 Å². The third-order valence-electron chi connectivity index (χ3n) is 25.4. The molecule has 0 amide bonds. The summed E-state index contributed by atoms with van der Waals surface area (Å²) in [6, 6.07) is 21.1. The Balaban J connectivity index is 1.43. The van der Waals surface area contributed by atoms with Gasteiger partial charge in [-0.25, -0.2) is 0 Å². The molecule has 6 nitrogen and oxygen atoms in total. The highest BCUT2D eigenvalue weighted by Crippen LogP contribution is 2.30. The van der Waals surface area contributed by atoms with Crippen LogP contribution in [0.4, 0.5) is 0 Å². The van der Waals surface area contributed by atoms with E-state index in [4.69, 9.17) is 28.4 Å². The van der Waals surface area contributed by atoms with Gasteiger partial charge in [0.15, 0.2) is 0 Å². The van der Waals surface area contributed by atoms with E-state index in [1.165, 1.54) is 255 Å². The van der Waals surface area contributed by atoms with E-state index in [9.17, 15) is 0 Å². The zero-order chi connectivity index (χ0) is 77.0. The molecule has 618 valence electrons. The second kappa shape index (κ2) is 65.4. The summed E-state index contributed by atoms with van der Waals surface area (Å²) in [7, 11) is 0. The highest BCUT2D eigenvalue weighted by Gasteiger charge is 2.19. The van der Waals surface area contributed by atoms with Gasteiger partial charge < -0.3 is 28.4 Å². The number of ether oxygens (including phenoxy) is 6. The second-order valence-electron chi connectivity index (χ2n) is 37.9. The molecule has 1 heterocycles. The molecule has 2 aromatic carbocycles. The lowest BCUT2D eigenvalue weighted by Gasteiger charge is -2.21. The SMILES string of the molecule is C[C@@H]1CCC[C@H](C)CCC[C@H](C)CC[C@@H](C)CCC[C@@H](C)CCC[C@@H](C)CCC[C@@H](C)CCOC[C@@H](COCc2ccccc2)OCC[C@H](C)CCC[C@H](C)CCC[C@H](C)CCC[C@H](C)/C=C/[C@@H](C)CCC[C@@H](C)CCC[C@@H](C)CCC[C@@H](C)CCO[C@H](COCc2ccccc2)COCC[C@H](C)CCC1. The number of hydrogen-bond donors (Lipinski definition) is 0. The number of rotatable bonds is 8. The standard InChI is InChI=1S/C100H182O6/c1-81-35-23-39-85(5)47-31-55-93(13)67-71-101-77-99(79-103-75-97-59-19-17-20-60-97)105-73-69-95(15)57-33-49-87(7)41-25-37-83(3)45-29-53-91(11)65-66-92(12)54-30-46-84(4)38-26-42-88(8)50-34-58-96(16)70-74-106-100(80-104-76-98-61-21-18-22-62-98)78-102-72-68-94(14)56-32-48-86(6)40-24-36-82(2)44-28-52-90(10)64-63-89(9)51-27-43-81/h17-22,59-62,65-66,81-96,99-100H,23-58,63-64,67-80H2,1-16H3/b66-65+/t81-,82-,83-,84-,85+,86+,87+,88+,89-,90-,91-,92-,93+,94+,95+,96+,99-,100-/m0/s1. The Labute approximate surface area is 662 Å². The van der Waals surface area contributed by atoms with Crippen molar-refractivity contribution < 1.29 is 28.4 Å². The van der Waals surface area contributed by atoms with Gasteiger partial charge in [-0.1, -0.05) is 415 Å². The first-order valence-electron chi connectivity index (χ1n) is 46.5. The number of hydrogen-bond acceptors (Lipinski definition) is 6. The normalized spacial score (nSPS) is 32.9. The Bertz CT molecular complexity index is 2070. The molecule has 0 spiro atoms. The van der Waals surface area contributed by atoms with Crippen molar-refractivity contribution in [2.24, 2.45) is 94.7 Å². The van der Waals surface area contributed by atoms with E-state index in [0.717, 1.165) is 111 Å². The van der Waals surface area contributed by atoms with Gasteiger partial charge in [0.2, 0.25) is 0 Å². The van der Waals surface area contributed by atoms with Gasteiger partial charge in [-0.2, -0.15) is 0 Å². The van der Waals surface area contributed by atoms with E-state index < -0.39 is 0 Å². The summed E-state index contributed by atoms with van der Waals surface area (Å²) in [5.41, 5.74) is 2.42. The van der Waals surface area contributed by atoms with Crippen molar-refractivity contribution in [2.75, 3.05) is 52.9 Å². The second-order valence-corrected chi connectivity index (χ2v) is 37.9. The predicted octanol–water partition coefficient (Wildman–Crippen LogP) is 30.4. The Hall–Kier alpha value is -2.06. The van der Waals surface area contributed by atoms with Crippen molar-refractivity contribution in [3.8, 4) is 0 Å². The molecule has 0 unspecified atom stereocenters. The van der Waals surface area contributed by atoms with Crippen LogP contribution in [-0.4, -0.2) is 65.1 Å². The van der Waals surface area contributed by atoms with Gasteiger partial charge in [-0.15, -0.1) is 0 Å². The first-order chi connectivity index (χ1) is 51.2. The highest BCUT2D eigenvalue weighted by molar-refractivity contribution is 5.14. The van der Waals surface area contributed by atoms with Crippen LogP contribution >= 0.6 is 0 Å². The van der Waals surface area contributed by atoms with Crippen molar-refractivity contribution in [3.63, 3.8) is 0 Å². The van der Waals surface area contributed by atoms with E-state index in [2.05, 4.69) is 184 Å². The minimum absolute atomic E-state index is 0.0277. The molecule has 0 saturated heterocycles. The molecule has 0 radical (unpaired) electrons. The van der Waals surface area contributed by atoms with Crippen LogP contribution in [-0.2, 0) is 41.6 Å². The summed E-state index contributed by atoms with van der Waals surface area (Å²) in [5.74, 6) is 12.5. The van der Waals surface area contributed by atoms with Crippen LogP contribution in [0, 0.1) is 94.7 Å². The van der Waals surface area contributed by atoms with Crippen LogP contribution in [0.2, 0.25) is 0 Å². The monoisotopic (exact) mass is 1480 g/mol. The molecule has 0 saturated carbocycles. The first-order valence-corrected chi connectivity index (χ1v) is 46.5. The van der Waals surface area contributed by atoms with Crippen molar-refractivity contribution in [1.29, 1.82) is 0 Å². The van der Waals surface area contributed by atoms with Crippen LogP contribution < -0.4 is 0 Å². The Kier molecular flexibility index (Phi) is 60.5. The smallest absolute Gasteiger partial charge is 0.104 e. The van der Waals surface area contributed by atoms with E-state index in [1.54, 1.807) is 0 Å². The molecule has 0 aromatic heterocycles. The molecule has 6 heteroatoms. The van der Waals surface area contributed by atoms with Crippen LogP contribution in [0.15, 0.2) is 72.8 Å². The average molecular weight is 1480 g/mol. The molecular weight excluding hydrogens is 1300 g/mol. The van der Waals surface area contributed by atoms with Crippen molar-refractivity contribution in [1.82, 2.24) is 0 Å². The van der Waals surface area contributed by atoms with E-state index >= 15 is 0 Å². The maximum absolute atomic E-state index is 6.55. The molecule has 0 bridgehead atoms. The van der Waals surface area contributed by atoms with Gasteiger partial charge in [0.1, 0.15) is 12.2 Å². The molecule has 0 fully saturated rings. The Morgan fingerprint density at radius 1 is 0.236 bits per heavy atom. The van der Waals surface area contributed by atoms with Gasteiger partial charge in [-0.3, -0.25) is 0 Å². The Morgan fingerprint density at radius 2 is 0.434 bits per heavy atom. The molecule has 1 aliphatic heterocycles. The predicted molar refractivity (Wildman–Crippen MR) is 463 cm³/mol.